The van der Waals surface area contributed by atoms with Crippen molar-refractivity contribution in [1.29, 1.82) is 0 Å². The first-order valence-electron chi connectivity index (χ1n) is 7.65. The third kappa shape index (κ3) is 5.01. The first-order chi connectivity index (χ1) is 9.86. The van der Waals surface area contributed by atoms with E-state index in [2.05, 4.69) is 4.72 Å². The summed E-state index contributed by atoms with van der Waals surface area (Å²) in [5.41, 5.74) is -0.559. The van der Waals surface area contributed by atoms with E-state index in [-0.39, 0.29) is 29.4 Å². The quantitative estimate of drug-likeness (QED) is 0.764. The number of carbonyl (C=O) groups is 1. The van der Waals surface area contributed by atoms with E-state index in [1.54, 1.807) is 4.90 Å². The number of aliphatic hydroxyl groups is 1. The van der Waals surface area contributed by atoms with E-state index in [1.807, 2.05) is 48.5 Å². The molecule has 0 aromatic carbocycles. The summed E-state index contributed by atoms with van der Waals surface area (Å²) in [4.78, 5) is 13.8. The maximum Gasteiger partial charge on any atom is 0.410 e. The summed E-state index contributed by atoms with van der Waals surface area (Å²) in [6.07, 6.45) is -0.391. The van der Waals surface area contributed by atoms with Crippen LogP contribution in [0.4, 0.5) is 4.79 Å². The molecule has 0 bridgehead atoms. The van der Waals surface area contributed by atoms with Crippen molar-refractivity contribution in [3.63, 3.8) is 0 Å². The molecule has 0 aromatic heterocycles. The molecule has 1 aliphatic rings. The molecule has 1 heterocycles. The Kier molecular flexibility index (Phi) is 6.17. The summed E-state index contributed by atoms with van der Waals surface area (Å²) in [6.45, 7) is 13.5. The predicted octanol–water partition coefficient (Wildman–Crippen LogP) is 1.65. The molecule has 1 amide bonds. The number of aliphatic hydroxyl groups excluding tert-OH is 1. The second-order valence-electron chi connectivity index (χ2n) is 7.85. The van der Waals surface area contributed by atoms with E-state index in [9.17, 15) is 14.5 Å². The Morgan fingerprint density at radius 2 is 1.95 bits per heavy atom. The molecule has 22 heavy (non-hydrogen) atoms. The third-order valence-electron chi connectivity index (χ3n) is 3.50. The molecule has 1 aliphatic heterocycles. The Morgan fingerprint density at radius 3 is 2.36 bits per heavy atom. The molecule has 0 radical (unpaired) electrons. The fourth-order valence-electron chi connectivity index (χ4n) is 2.37. The summed E-state index contributed by atoms with van der Waals surface area (Å²) in [5.74, 6) is -0.0213. The molecule has 0 spiro atoms. The third-order valence-corrected chi connectivity index (χ3v) is 5.20. The molecule has 130 valence electrons. The molecular weight excluding hydrogens is 304 g/mol. The molecule has 1 saturated heterocycles. The van der Waals surface area contributed by atoms with Gasteiger partial charge in [0.15, 0.2) is 0 Å². The van der Waals surface area contributed by atoms with Crippen LogP contribution in [0, 0.1) is 5.92 Å². The van der Waals surface area contributed by atoms with Crippen LogP contribution in [0.1, 0.15) is 48.5 Å². The summed E-state index contributed by atoms with van der Waals surface area (Å²) < 4.78 is 20.3. The highest BCUT2D eigenvalue weighted by molar-refractivity contribution is 7.90. The number of nitrogens with one attached hydrogen (secondary N) is 1. The van der Waals surface area contributed by atoms with Crippen molar-refractivity contribution < 1.29 is 19.2 Å². The molecule has 1 rings (SSSR count). The van der Waals surface area contributed by atoms with Crippen LogP contribution in [0.5, 0.6) is 0 Å². The van der Waals surface area contributed by atoms with Crippen LogP contribution < -0.4 is 4.72 Å². The van der Waals surface area contributed by atoms with Gasteiger partial charge >= 0.3 is 6.09 Å². The van der Waals surface area contributed by atoms with Gasteiger partial charge in [0.2, 0.25) is 0 Å². The highest BCUT2D eigenvalue weighted by atomic mass is 32.2. The van der Waals surface area contributed by atoms with Gasteiger partial charge in [-0.1, -0.05) is 0 Å². The summed E-state index contributed by atoms with van der Waals surface area (Å²) in [7, 11) is 0. The number of carbonyl (C=O) groups excluding carboxylic acids is 1. The van der Waals surface area contributed by atoms with Crippen LogP contribution in [0.25, 0.3) is 0 Å². The van der Waals surface area contributed by atoms with Crippen LogP contribution in [-0.2, 0) is 16.1 Å². The second-order valence-corrected chi connectivity index (χ2v) is 9.85. The van der Waals surface area contributed by atoms with E-state index in [1.165, 1.54) is 0 Å². The van der Waals surface area contributed by atoms with Crippen LogP contribution in [0.2, 0.25) is 0 Å². The van der Waals surface area contributed by atoms with Crippen LogP contribution in [0.15, 0.2) is 0 Å². The molecule has 4 atom stereocenters. The Balaban J connectivity index is 2.73. The van der Waals surface area contributed by atoms with E-state index in [0.717, 1.165) is 0 Å². The zero-order chi connectivity index (χ0) is 17.3. The average Bonchev–Trinajstić information content (AvgIpc) is 2.23. The zero-order valence-electron chi connectivity index (χ0n) is 14.7. The number of ether oxygens (including phenoxy) is 1. The Bertz CT molecular complexity index is 392. The first kappa shape index (κ1) is 19.5. The van der Waals surface area contributed by atoms with Crippen LogP contribution >= 0.6 is 0 Å². The minimum atomic E-state index is -1.23. The van der Waals surface area contributed by atoms with Crippen LogP contribution in [0.3, 0.4) is 0 Å². The topological polar surface area (TPSA) is 84.9 Å². The van der Waals surface area contributed by atoms with Crippen LogP contribution in [-0.4, -0.2) is 56.2 Å². The monoisotopic (exact) mass is 334 g/mol. The maximum absolute atomic E-state index is 12.2. The Labute approximate surface area is 136 Å². The van der Waals surface area contributed by atoms with Crippen molar-refractivity contribution in [2.24, 2.45) is 5.92 Å². The standard InChI is InChI=1S/C15H30N2O4S/c1-10(16-22(20)15(5,6)7)12-11(9-18)8-17(12)13(19)21-14(2,3)4/h10-12,16,18H,8-9H2,1-7H3/t10-,11?,12?,22+/m0/s1. The molecule has 0 saturated carbocycles. The van der Waals surface area contributed by atoms with Gasteiger partial charge in [-0.2, -0.15) is 0 Å². The van der Waals surface area contributed by atoms with Crippen molar-refractivity contribution >= 4 is 17.5 Å². The van der Waals surface area contributed by atoms with Gasteiger partial charge in [-0.25, -0.2) is 4.79 Å². The van der Waals surface area contributed by atoms with Crippen molar-refractivity contribution in [2.45, 2.75) is 70.9 Å². The zero-order valence-corrected chi connectivity index (χ0v) is 15.5. The highest BCUT2D eigenvalue weighted by Crippen LogP contribution is 2.30. The fraction of sp³-hybridized carbons (Fsp3) is 0.933. The van der Waals surface area contributed by atoms with Gasteiger partial charge in [0.1, 0.15) is 10.3 Å². The van der Waals surface area contributed by atoms with Gasteiger partial charge in [-0.3, -0.25) is 0 Å². The van der Waals surface area contributed by atoms with Crippen molar-refractivity contribution in [3.05, 3.63) is 0 Å². The number of nitrogens with zero attached hydrogens (tertiary/aromatic N) is 1. The van der Waals surface area contributed by atoms with Crippen molar-refractivity contribution in [1.82, 2.24) is 9.62 Å². The number of rotatable bonds is 4. The molecule has 7 heteroatoms. The fourth-order valence-corrected chi connectivity index (χ4v) is 3.21. The number of hydrogen-bond donors (Lipinski definition) is 2. The molecule has 0 aliphatic carbocycles. The van der Waals surface area contributed by atoms with E-state index < -0.39 is 23.1 Å². The smallest absolute Gasteiger partial charge is 0.410 e. The van der Waals surface area contributed by atoms with E-state index in [4.69, 9.17) is 4.74 Å². The number of likely N-dealkylation sites (tertiary alicyclic amines) is 1. The average molecular weight is 334 g/mol. The molecule has 6 nitrogen and oxygen atoms in total. The largest absolute Gasteiger partial charge is 0.598 e. The van der Waals surface area contributed by atoms with E-state index >= 15 is 0 Å². The van der Waals surface area contributed by atoms with Gasteiger partial charge in [0, 0.05) is 30.4 Å². The van der Waals surface area contributed by atoms with Gasteiger partial charge in [-0.15, -0.1) is 4.72 Å². The lowest BCUT2D eigenvalue weighted by Crippen LogP contribution is -2.68. The minimum Gasteiger partial charge on any atom is -0.598 e. The van der Waals surface area contributed by atoms with Gasteiger partial charge in [0.25, 0.3) is 0 Å². The molecular formula is C15H30N2O4S. The highest BCUT2D eigenvalue weighted by Gasteiger charge is 2.47. The molecule has 0 aromatic rings. The van der Waals surface area contributed by atoms with Gasteiger partial charge in [-0.05, 0) is 48.5 Å². The SMILES string of the molecule is C[C@H](N[S@+]([O-])C(C)(C)C)C1C(CO)CN1C(=O)OC(C)(C)C. The summed E-state index contributed by atoms with van der Waals surface area (Å²) >= 11 is -1.23. The Morgan fingerprint density at radius 1 is 1.41 bits per heavy atom. The lowest BCUT2D eigenvalue weighted by atomic mass is 9.85. The summed E-state index contributed by atoms with van der Waals surface area (Å²) in [5, 5.41) is 9.45. The lowest BCUT2D eigenvalue weighted by Gasteiger charge is -2.50. The molecule has 2 unspecified atom stereocenters. The molecule has 1 fully saturated rings. The van der Waals surface area contributed by atoms with Gasteiger partial charge < -0.3 is 19.3 Å². The lowest BCUT2D eigenvalue weighted by molar-refractivity contribution is -0.0506. The first-order valence-corrected chi connectivity index (χ1v) is 8.80. The summed E-state index contributed by atoms with van der Waals surface area (Å²) in [6, 6.07) is -0.412. The second kappa shape index (κ2) is 6.95. The van der Waals surface area contributed by atoms with Crippen molar-refractivity contribution in [2.75, 3.05) is 13.2 Å². The minimum absolute atomic E-state index is 0.00185. The predicted molar refractivity (Wildman–Crippen MR) is 87.8 cm³/mol. The van der Waals surface area contributed by atoms with Gasteiger partial charge in [0.05, 0.1) is 12.1 Å². The molecule has 2 N–H and O–H groups in total. The maximum atomic E-state index is 12.2. The Hall–Kier alpha value is -0.500. The number of amides is 1. The normalized spacial score (nSPS) is 25.4. The number of hydrogen-bond acceptors (Lipinski definition) is 5. The van der Waals surface area contributed by atoms with E-state index in [0.29, 0.717) is 6.54 Å². The van der Waals surface area contributed by atoms with Crippen molar-refractivity contribution in [3.8, 4) is 0 Å².